The molecule has 20 heavy (non-hydrogen) atoms. The van der Waals surface area contributed by atoms with Gasteiger partial charge in [-0.3, -0.25) is 4.68 Å². The van der Waals surface area contributed by atoms with Gasteiger partial charge in [-0.1, -0.05) is 6.07 Å². The predicted octanol–water partition coefficient (Wildman–Crippen LogP) is 1.93. The normalized spacial score (nSPS) is 15.5. The largest absolute Gasteiger partial charge is 0.362 e. The van der Waals surface area contributed by atoms with Crippen molar-refractivity contribution in [3.8, 4) is 0 Å². The molecule has 0 saturated heterocycles. The van der Waals surface area contributed by atoms with Crippen LogP contribution >= 0.6 is 0 Å². The van der Waals surface area contributed by atoms with Gasteiger partial charge >= 0.3 is 0 Å². The van der Waals surface area contributed by atoms with Crippen LogP contribution in [0.15, 0.2) is 24.4 Å². The molecule has 0 bridgehead atoms. The molecular formula is C15H19FN4. The zero-order valence-corrected chi connectivity index (χ0v) is 11.8. The van der Waals surface area contributed by atoms with Crippen molar-refractivity contribution in [3.05, 3.63) is 47.0 Å². The van der Waals surface area contributed by atoms with E-state index in [1.54, 1.807) is 6.07 Å². The number of benzene rings is 1. The average molecular weight is 274 g/mol. The fourth-order valence-electron chi connectivity index (χ4n) is 2.97. The zero-order chi connectivity index (χ0) is 14.3. The van der Waals surface area contributed by atoms with Crippen LogP contribution in [0.4, 0.5) is 10.1 Å². The SMILES string of the molecule is Cc1c(C(CN)N2CCc3ccc(F)cc32)cnn1C. The Bertz CT molecular complexity index is 635. The second kappa shape index (κ2) is 4.90. The van der Waals surface area contributed by atoms with Crippen molar-refractivity contribution in [1.29, 1.82) is 0 Å². The Kier molecular flexibility index (Phi) is 3.22. The van der Waals surface area contributed by atoms with E-state index in [2.05, 4.69) is 10.00 Å². The minimum absolute atomic E-state index is 0.0479. The molecule has 0 radical (unpaired) electrons. The van der Waals surface area contributed by atoms with E-state index in [9.17, 15) is 4.39 Å². The second-order valence-electron chi connectivity index (χ2n) is 5.28. The molecule has 0 fully saturated rings. The lowest BCUT2D eigenvalue weighted by Crippen LogP contribution is -2.32. The maximum absolute atomic E-state index is 13.5. The van der Waals surface area contributed by atoms with Crippen LogP contribution in [-0.2, 0) is 13.5 Å². The van der Waals surface area contributed by atoms with Gasteiger partial charge in [0.15, 0.2) is 0 Å². The van der Waals surface area contributed by atoms with E-state index < -0.39 is 0 Å². The number of hydrogen-bond acceptors (Lipinski definition) is 3. The Morgan fingerprint density at radius 2 is 2.25 bits per heavy atom. The van der Waals surface area contributed by atoms with Crippen LogP contribution in [0.2, 0.25) is 0 Å². The first-order valence-electron chi connectivity index (χ1n) is 6.85. The third-order valence-corrected chi connectivity index (χ3v) is 4.21. The van der Waals surface area contributed by atoms with E-state index in [1.807, 2.05) is 30.9 Å². The van der Waals surface area contributed by atoms with Gasteiger partial charge < -0.3 is 10.6 Å². The summed E-state index contributed by atoms with van der Waals surface area (Å²) in [6.07, 6.45) is 2.80. The zero-order valence-electron chi connectivity index (χ0n) is 11.8. The third kappa shape index (κ3) is 1.98. The van der Waals surface area contributed by atoms with Gasteiger partial charge in [-0.05, 0) is 31.0 Å². The molecule has 1 aromatic carbocycles. The highest BCUT2D eigenvalue weighted by molar-refractivity contribution is 5.60. The highest BCUT2D eigenvalue weighted by atomic mass is 19.1. The van der Waals surface area contributed by atoms with Crippen LogP contribution in [0.25, 0.3) is 0 Å². The number of halogens is 1. The van der Waals surface area contributed by atoms with E-state index in [-0.39, 0.29) is 11.9 Å². The Hall–Kier alpha value is -1.88. The lowest BCUT2D eigenvalue weighted by Gasteiger charge is -2.29. The van der Waals surface area contributed by atoms with Gasteiger partial charge in [0.25, 0.3) is 0 Å². The van der Waals surface area contributed by atoms with Crippen LogP contribution in [0.1, 0.15) is 22.9 Å². The van der Waals surface area contributed by atoms with Crippen LogP contribution in [-0.4, -0.2) is 22.9 Å². The minimum Gasteiger partial charge on any atom is -0.362 e. The summed E-state index contributed by atoms with van der Waals surface area (Å²) in [5.41, 5.74) is 10.4. The third-order valence-electron chi connectivity index (χ3n) is 4.21. The van der Waals surface area contributed by atoms with Crippen LogP contribution in [0.5, 0.6) is 0 Å². The van der Waals surface area contributed by atoms with Crippen molar-refractivity contribution in [2.75, 3.05) is 18.0 Å². The second-order valence-corrected chi connectivity index (χ2v) is 5.28. The van der Waals surface area contributed by atoms with Crippen molar-refractivity contribution >= 4 is 5.69 Å². The minimum atomic E-state index is -0.200. The van der Waals surface area contributed by atoms with E-state index >= 15 is 0 Å². The van der Waals surface area contributed by atoms with Gasteiger partial charge in [-0.15, -0.1) is 0 Å². The van der Waals surface area contributed by atoms with Crippen LogP contribution < -0.4 is 10.6 Å². The van der Waals surface area contributed by atoms with E-state index in [4.69, 9.17) is 5.73 Å². The molecular weight excluding hydrogens is 255 g/mol. The summed E-state index contributed by atoms with van der Waals surface area (Å²) in [5.74, 6) is -0.200. The number of aryl methyl sites for hydroxylation is 1. The molecule has 0 saturated carbocycles. The highest BCUT2D eigenvalue weighted by Crippen LogP contribution is 2.35. The fraction of sp³-hybridized carbons (Fsp3) is 0.400. The summed E-state index contributed by atoms with van der Waals surface area (Å²) >= 11 is 0. The Balaban J connectivity index is 2.01. The van der Waals surface area contributed by atoms with Crippen LogP contribution in [0, 0.1) is 12.7 Å². The summed E-state index contributed by atoms with van der Waals surface area (Å²) in [4.78, 5) is 2.20. The smallest absolute Gasteiger partial charge is 0.125 e. The van der Waals surface area contributed by atoms with Gasteiger partial charge in [-0.25, -0.2) is 4.39 Å². The number of hydrogen-bond donors (Lipinski definition) is 1. The monoisotopic (exact) mass is 274 g/mol. The molecule has 1 aliphatic rings. The van der Waals surface area contributed by atoms with E-state index in [1.165, 1.54) is 11.6 Å². The molecule has 4 nitrogen and oxygen atoms in total. The Morgan fingerprint density at radius 1 is 1.45 bits per heavy atom. The lowest BCUT2D eigenvalue weighted by atomic mass is 10.1. The standard InChI is InChI=1S/C15H19FN4/c1-10-13(9-18-19(10)2)15(8-17)20-6-5-11-3-4-12(16)7-14(11)20/h3-4,7,9,15H,5-6,8,17H2,1-2H3. The number of nitrogens with two attached hydrogens (primary N) is 1. The first-order chi connectivity index (χ1) is 9.61. The fourth-order valence-corrected chi connectivity index (χ4v) is 2.97. The summed E-state index contributed by atoms with van der Waals surface area (Å²) in [6, 6.07) is 5.05. The number of anilines is 1. The molecule has 5 heteroatoms. The topological polar surface area (TPSA) is 47.1 Å². The van der Waals surface area contributed by atoms with Gasteiger partial charge in [0.2, 0.25) is 0 Å². The molecule has 1 aromatic heterocycles. The van der Waals surface area contributed by atoms with Gasteiger partial charge in [0.05, 0.1) is 12.2 Å². The van der Waals surface area contributed by atoms with Crippen molar-refractivity contribution in [2.45, 2.75) is 19.4 Å². The van der Waals surface area contributed by atoms with Crippen molar-refractivity contribution in [3.63, 3.8) is 0 Å². The summed E-state index contributed by atoms with van der Waals surface area (Å²) in [6.45, 7) is 3.39. The summed E-state index contributed by atoms with van der Waals surface area (Å²) < 4.78 is 15.4. The molecule has 3 rings (SSSR count). The van der Waals surface area contributed by atoms with Gasteiger partial charge in [-0.2, -0.15) is 5.10 Å². The quantitative estimate of drug-likeness (QED) is 0.930. The first kappa shape index (κ1) is 13.1. The number of fused-ring (bicyclic) bond motifs is 1. The maximum atomic E-state index is 13.5. The molecule has 2 N–H and O–H groups in total. The van der Waals surface area contributed by atoms with Crippen molar-refractivity contribution in [2.24, 2.45) is 12.8 Å². The van der Waals surface area contributed by atoms with Gasteiger partial charge in [0, 0.05) is 37.1 Å². The van der Waals surface area contributed by atoms with Gasteiger partial charge in [0.1, 0.15) is 5.82 Å². The summed E-state index contributed by atoms with van der Waals surface area (Å²) in [7, 11) is 1.92. The molecule has 0 aliphatic carbocycles. The van der Waals surface area contributed by atoms with Crippen molar-refractivity contribution in [1.82, 2.24) is 9.78 Å². The number of rotatable bonds is 3. The lowest BCUT2D eigenvalue weighted by molar-refractivity contribution is 0.620. The molecule has 1 atom stereocenters. The molecule has 1 unspecified atom stereocenters. The Labute approximate surface area is 118 Å². The molecule has 2 aromatic rings. The van der Waals surface area contributed by atoms with E-state index in [0.717, 1.165) is 29.9 Å². The average Bonchev–Trinajstić information content (AvgIpc) is 2.98. The number of nitrogens with zero attached hydrogens (tertiary/aromatic N) is 3. The maximum Gasteiger partial charge on any atom is 0.125 e. The molecule has 106 valence electrons. The molecule has 0 amide bonds. The Morgan fingerprint density at radius 3 is 2.90 bits per heavy atom. The van der Waals surface area contributed by atoms with E-state index in [0.29, 0.717) is 6.54 Å². The van der Waals surface area contributed by atoms with Crippen molar-refractivity contribution < 1.29 is 4.39 Å². The highest BCUT2D eigenvalue weighted by Gasteiger charge is 2.28. The number of aromatic nitrogens is 2. The molecule has 0 spiro atoms. The predicted molar refractivity (Wildman–Crippen MR) is 77.2 cm³/mol. The molecule has 1 aliphatic heterocycles. The summed E-state index contributed by atoms with van der Waals surface area (Å²) in [5, 5.41) is 4.29. The molecule has 2 heterocycles. The van der Waals surface area contributed by atoms with Crippen LogP contribution in [0.3, 0.4) is 0 Å². The first-order valence-corrected chi connectivity index (χ1v) is 6.85.